The smallest absolute Gasteiger partial charge is 0.270 e. The van der Waals surface area contributed by atoms with Crippen LogP contribution in [0.15, 0.2) is 63.6 Å². The maximum absolute atomic E-state index is 12.2. The SMILES string of the molecule is N#Cc1c(-c2cccnc2)nc(SCC(=O)Nc2ccc(S(N)(=O)=O)cc2)[nH]c1=O. The second-order valence-corrected chi connectivity index (χ2v) is 8.38. The molecule has 0 aliphatic rings. The fourth-order valence-electron chi connectivity index (χ4n) is 2.40. The van der Waals surface area contributed by atoms with Crippen LogP contribution >= 0.6 is 11.8 Å². The number of carbonyl (C=O) groups is 1. The van der Waals surface area contributed by atoms with E-state index < -0.39 is 21.5 Å². The zero-order chi connectivity index (χ0) is 21.7. The van der Waals surface area contributed by atoms with Crippen LogP contribution in [0.4, 0.5) is 5.69 Å². The zero-order valence-corrected chi connectivity index (χ0v) is 16.8. The highest BCUT2D eigenvalue weighted by Crippen LogP contribution is 2.21. The van der Waals surface area contributed by atoms with Crippen molar-refractivity contribution >= 4 is 33.4 Å². The third kappa shape index (κ3) is 5.09. The van der Waals surface area contributed by atoms with Gasteiger partial charge in [-0.05, 0) is 36.4 Å². The number of sulfonamides is 1. The number of anilines is 1. The van der Waals surface area contributed by atoms with Crippen molar-refractivity contribution in [2.45, 2.75) is 10.1 Å². The molecule has 152 valence electrons. The van der Waals surface area contributed by atoms with Gasteiger partial charge in [0.25, 0.3) is 5.56 Å². The quantitative estimate of drug-likeness (QED) is 0.376. The zero-order valence-electron chi connectivity index (χ0n) is 15.2. The standard InChI is InChI=1S/C18H14N6O4S2/c19-8-14-16(11-2-1-7-21-9-11)23-18(24-17(14)26)29-10-15(25)22-12-3-5-13(6-4-12)30(20,27)28/h1-7,9H,10H2,(H,22,25)(H2,20,27,28)(H,23,24,26). The van der Waals surface area contributed by atoms with Gasteiger partial charge in [0.15, 0.2) is 5.16 Å². The Labute approximate surface area is 175 Å². The Kier molecular flexibility index (Phi) is 6.26. The second kappa shape index (κ2) is 8.87. The molecule has 2 heterocycles. The number of aromatic amines is 1. The summed E-state index contributed by atoms with van der Waals surface area (Å²) in [6.07, 6.45) is 3.03. The number of hydrogen-bond acceptors (Lipinski definition) is 8. The molecule has 3 rings (SSSR count). The highest BCUT2D eigenvalue weighted by atomic mass is 32.2. The number of hydrogen-bond donors (Lipinski definition) is 3. The third-order valence-electron chi connectivity index (χ3n) is 3.75. The van der Waals surface area contributed by atoms with Crippen molar-refractivity contribution in [2.75, 3.05) is 11.1 Å². The molecule has 2 aromatic heterocycles. The lowest BCUT2D eigenvalue weighted by molar-refractivity contribution is -0.113. The summed E-state index contributed by atoms with van der Waals surface area (Å²) >= 11 is 0.973. The van der Waals surface area contributed by atoms with Crippen molar-refractivity contribution in [1.82, 2.24) is 15.0 Å². The molecule has 30 heavy (non-hydrogen) atoms. The minimum absolute atomic E-state index is 0.0721. The molecule has 0 fully saturated rings. The lowest BCUT2D eigenvalue weighted by Crippen LogP contribution is -2.17. The number of pyridine rings is 1. The number of benzene rings is 1. The first-order chi connectivity index (χ1) is 14.3. The number of nitrogens with one attached hydrogen (secondary N) is 2. The predicted octanol–water partition coefficient (Wildman–Crippen LogP) is 1.08. The van der Waals surface area contributed by atoms with E-state index in [1.165, 1.54) is 30.5 Å². The average molecular weight is 442 g/mol. The molecule has 0 aliphatic heterocycles. The predicted molar refractivity (Wildman–Crippen MR) is 110 cm³/mol. The summed E-state index contributed by atoms with van der Waals surface area (Å²) in [6, 6.07) is 10.5. The van der Waals surface area contributed by atoms with Crippen LogP contribution in [0, 0.1) is 11.3 Å². The molecule has 12 heteroatoms. The van der Waals surface area contributed by atoms with Crippen molar-refractivity contribution < 1.29 is 13.2 Å². The Morgan fingerprint density at radius 2 is 2.00 bits per heavy atom. The number of nitriles is 1. The number of thioether (sulfide) groups is 1. The molecule has 0 saturated heterocycles. The fourth-order valence-corrected chi connectivity index (χ4v) is 3.57. The Morgan fingerprint density at radius 3 is 2.60 bits per heavy atom. The molecule has 0 spiro atoms. The number of carbonyl (C=O) groups excluding carboxylic acids is 1. The first-order valence-electron chi connectivity index (χ1n) is 8.28. The number of aromatic nitrogens is 3. The maximum Gasteiger partial charge on any atom is 0.270 e. The summed E-state index contributed by atoms with van der Waals surface area (Å²) in [4.78, 5) is 35.0. The van der Waals surface area contributed by atoms with Gasteiger partial charge in [0.1, 0.15) is 11.6 Å². The highest BCUT2D eigenvalue weighted by molar-refractivity contribution is 7.99. The lowest BCUT2D eigenvalue weighted by Gasteiger charge is -2.07. The number of nitrogens with two attached hydrogens (primary N) is 1. The average Bonchev–Trinajstić information content (AvgIpc) is 2.72. The Morgan fingerprint density at radius 1 is 1.27 bits per heavy atom. The number of rotatable bonds is 6. The first kappa shape index (κ1) is 21.2. The van der Waals surface area contributed by atoms with E-state index in [1.54, 1.807) is 18.3 Å². The Balaban J connectivity index is 1.73. The summed E-state index contributed by atoms with van der Waals surface area (Å²) < 4.78 is 22.5. The largest absolute Gasteiger partial charge is 0.325 e. The van der Waals surface area contributed by atoms with Crippen LogP contribution in [0.25, 0.3) is 11.3 Å². The Hall–Kier alpha value is -3.53. The van der Waals surface area contributed by atoms with Gasteiger partial charge >= 0.3 is 0 Å². The van der Waals surface area contributed by atoms with Crippen LogP contribution in [0.2, 0.25) is 0 Å². The third-order valence-corrected chi connectivity index (χ3v) is 5.55. The van der Waals surface area contributed by atoms with Gasteiger partial charge in [-0.3, -0.25) is 14.6 Å². The number of amides is 1. The van der Waals surface area contributed by atoms with Crippen LogP contribution in [-0.4, -0.2) is 35.0 Å². The van der Waals surface area contributed by atoms with Crippen LogP contribution < -0.4 is 16.0 Å². The van der Waals surface area contributed by atoms with Crippen LogP contribution in [-0.2, 0) is 14.8 Å². The van der Waals surface area contributed by atoms with E-state index >= 15 is 0 Å². The normalized spacial score (nSPS) is 10.9. The number of nitrogens with zero attached hydrogens (tertiary/aromatic N) is 3. The molecule has 4 N–H and O–H groups in total. The molecule has 3 aromatic rings. The van der Waals surface area contributed by atoms with Crippen molar-refractivity contribution in [3.8, 4) is 17.3 Å². The first-order valence-corrected chi connectivity index (χ1v) is 10.8. The molecule has 10 nitrogen and oxygen atoms in total. The monoisotopic (exact) mass is 442 g/mol. The number of primary sulfonamides is 1. The van der Waals surface area contributed by atoms with E-state index in [0.29, 0.717) is 11.3 Å². The molecular formula is C18H14N6O4S2. The van der Waals surface area contributed by atoms with Gasteiger partial charge in [0.05, 0.1) is 16.3 Å². The summed E-state index contributed by atoms with van der Waals surface area (Å²) in [7, 11) is -3.82. The summed E-state index contributed by atoms with van der Waals surface area (Å²) in [6.45, 7) is 0. The maximum atomic E-state index is 12.2. The van der Waals surface area contributed by atoms with Gasteiger partial charge in [0.2, 0.25) is 15.9 Å². The summed E-state index contributed by atoms with van der Waals surface area (Å²) in [5.74, 6) is -0.489. The van der Waals surface area contributed by atoms with E-state index in [0.717, 1.165) is 11.8 Å². The van der Waals surface area contributed by atoms with Gasteiger partial charge < -0.3 is 10.3 Å². The molecule has 0 aliphatic carbocycles. The van der Waals surface area contributed by atoms with Gasteiger partial charge in [0, 0.05) is 23.6 Å². The minimum atomic E-state index is -3.82. The Bertz CT molecular complexity index is 1280. The molecule has 0 radical (unpaired) electrons. The summed E-state index contributed by atoms with van der Waals surface area (Å²) in [5, 5.41) is 17.0. The molecular weight excluding hydrogens is 428 g/mol. The highest BCUT2D eigenvalue weighted by Gasteiger charge is 2.15. The molecule has 1 aromatic carbocycles. The summed E-state index contributed by atoms with van der Waals surface area (Å²) in [5.41, 5.74) is 0.294. The fraction of sp³-hybridized carbons (Fsp3) is 0.0556. The van der Waals surface area contributed by atoms with Crippen molar-refractivity contribution in [2.24, 2.45) is 5.14 Å². The van der Waals surface area contributed by atoms with E-state index in [-0.39, 0.29) is 27.1 Å². The van der Waals surface area contributed by atoms with Crippen LogP contribution in [0.1, 0.15) is 5.56 Å². The molecule has 0 unspecified atom stereocenters. The lowest BCUT2D eigenvalue weighted by atomic mass is 10.1. The van der Waals surface area contributed by atoms with Gasteiger partial charge in [-0.2, -0.15) is 5.26 Å². The molecule has 0 saturated carbocycles. The van der Waals surface area contributed by atoms with Gasteiger partial charge in [-0.15, -0.1) is 0 Å². The van der Waals surface area contributed by atoms with Crippen LogP contribution in [0.3, 0.4) is 0 Å². The topological polar surface area (TPSA) is 172 Å². The molecule has 1 amide bonds. The number of H-pyrrole nitrogens is 1. The van der Waals surface area contributed by atoms with Crippen molar-refractivity contribution in [3.05, 3.63) is 64.7 Å². The van der Waals surface area contributed by atoms with Gasteiger partial charge in [-0.1, -0.05) is 11.8 Å². The van der Waals surface area contributed by atoms with E-state index in [4.69, 9.17) is 5.14 Å². The minimum Gasteiger partial charge on any atom is -0.325 e. The van der Waals surface area contributed by atoms with Gasteiger partial charge in [-0.25, -0.2) is 18.5 Å². The second-order valence-electron chi connectivity index (χ2n) is 5.85. The van der Waals surface area contributed by atoms with Crippen molar-refractivity contribution in [3.63, 3.8) is 0 Å². The van der Waals surface area contributed by atoms with Crippen molar-refractivity contribution in [1.29, 1.82) is 5.26 Å². The van der Waals surface area contributed by atoms with E-state index in [9.17, 15) is 23.3 Å². The molecule has 0 bridgehead atoms. The molecule has 0 atom stereocenters. The van der Waals surface area contributed by atoms with Crippen LogP contribution in [0.5, 0.6) is 0 Å². The van der Waals surface area contributed by atoms with E-state index in [2.05, 4.69) is 20.3 Å². The van der Waals surface area contributed by atoms with E-state index in [1.807, 2.05) is 6.07 Å².